The summed E-state index contributed by atoms with van der Waals surface area (Å²) in [5, 5.41) is 0. The fourth-order valence-corrected chi connectivity index (χ4v) is 4.89. The van der Waals surface area contributed by atoms with E-state index >= 15 is 0 Å². The zero-order valence-electron chi connectivity index (χ0n) is 10.8. The summed E-state index contributed by atoms with van der Waals surface area (Å²) in [5.74, 6) is 0.157. The summed E-state index contributed by atoms with van der Waals surface area (Å²) >= 11 is 8.74. The molecule has 7 heteroatoms. The van der Waals surface area contributed by atoms with Crippen molar-refractivity contribution in [2.24, 2.45) is 0 Å². The van der Waals surface area contributed by atoms with E-state index in [9.17, 15) is 9.59 Å². The standard InChI is InChI=1S/C14H9ClN2O2S2/c15-11-5-4-10(20-11)12-8(6-18)17-7-2-1-3-9(19)13(7)21-14(17)16-12/h4-6H,1-3H2. The van der Waals surface area contributed by atoms with Gasteiger partial charge in [0, 0.05) is 12.1 Å². The molecule has 3 aromatic heterocycles. The molecular weight excluding hydrogens is 328 g/mol. The fraction of sp³-hybridized carbons (Fsp3) is 0.214. The van der Waals surface area contributed by atoms with E-state index < -0.39 is 0 Å². The Kier molecular flexibility index (Phi) is 2.99. The van der Waals surface area contributed by atoms with Gasteiger partial charge in [0.15, 0.2) is 17.0 Å². The molecule has 106 valence electrons. The van der Waals surface area contributed by atoms with Crippen LogP contribution in [0.5, 0.6) is 0 Å². The van der Waals surface area contributed by atoms with E-state index in [2.05, 4.69) is 4.98 Å². The highest BCUT2D eigenvalue weighted by Crippen LogP contribution is 2.37. The topological polar surface area (TPSA) is 51.4 Å². The van der Waals surface area contributed by atoms with E-state index in [4.69, 9.17) is 11.6 Å². The number of aromatic nitrogens is 2. The third-order valence-electron chi connectivity index (χ3n) is 3.60. The van der Waals surface area contributed by atoms with Crippen LogP contribution >= 0.6 is 34.3 Å². The smallest absolute Gasteiger partial charge is 0.195 e. The van der Waals surface area contributed by atoms with Crippen molar-refractivity contribution in [3.63, 3.8) is 0 Å². The van der Waals surface area contributed by atoms with E-state index in [0.29, 0.717) is 27.1 Å². The number of halogens is 1. The molecule has 3 heterocycles. The summed E-state index contributed by atoms with van der Waals surface area (Å²) < 4.78 is 2.50. The molecule has 4 nitrogen and oxygen atoms in total. The summed E-state index contributed by atoms with van der Waals surface area (Å²) in [6.45, 7) is 0. The maximum atomic E-state index is 12.0. The number of carbonyl (C=O) groups is 2. The predicted molar refractivity (Wildman–Crippen MR) is 84.0 cm³/mol. The summed E-state index contributed by atoms with van der Waals surface area (Å²) in [4.78, 5) is 30.4. The van der Waals surface area contributed by atoms with E-state index in [0.717, 1.165) is 34.6 Å². The Bertz CT molecular complexity index is 890. The zero-order chi connectivity index (χ0) is 14.6. The van der Waals surface area contributed by atoms with Crippen LogP contribution in [0.3, 0.4) is 0 Å². The molecule has 0 radical (unpaired) electrons. The van der Waals surface area contributed by atoms with Gasteiger partial charge in [0.2, 0.25) is 0 Å². The molecule has 0 fully saturated rings. The van der Waals surface area contributed by atoms with Crippen LogP contribution in [0.25, 0.3) is 15.5 Å². The van der Waals surface area contributed by atoms with Gasteiger partial charge >= 0.3 is 0 Å². The summed E-state index contributed by atoms with van der Waals surface area (Å²) in [7, 11) is 0. The van der Waals surface area contributed by atoms with Gasteiger partial charge in [0.1, 0.15) is 11.4 Å². The first-order valence-corrected chi connectivity index (χ1v) is 8.48. The number of hydrogen-bond donors (Lipinski definition) is 0. The third-order valence-corrected chi connectivity index (χ3v) is 5.96. The average Bonchev–Trinajstić information content (AvgIpc) is 3.12. The molecule has 0 unspecified atom stereocenters. The zero-order valence-corrected chi connectivity index (χ0v) is 13.1. The van der Waals surface area contributed by atoms with Gasteiger partial charge in [0.25, 0.3) is 0 Å². The number of imidazole rings is 1. The largest absolute Gasteiger partial charge is 0.296 e. The lowest BCUT2D eigenvalue weighted by atomic mass is 10.0. The van der Waals surface area contributed by atoms with Crippen molar-refractivity contribution in [2.45, 2.75) is 19.3 Å². The van der Waals surface area contributed by atoms with Gasteiger partial charge in [-0.1, -0.05) is 22.9 Å². The van der Waals surface area contributed by atoms with E-state index in [1.807, 2.05) is 10.5 Å². The monoisotopic (exact) mass is 336 g/mol. The Morgan fingerprint density at radius 2 is 2.14 bits per heavy atom. The molecule has 0 saturated heterocycles. The van der Waals surface area contributed by atoms with Crippen molar-refractivity contribution < 1.29 is 9.59 Å². The van der Waals surface area contributed by atoms with E-state index in [-0.39, 0.29) is 5.78 Å². The number of thiazole rings is 1. The lowest BCUT2D eigenvalue weighted by Crippen LogP contribution is -2.10. The minimum Gasteiger partial charge on any atom is -0.296 e. The lowest BCUT2D eigenvalue weighted by Gasteiger charge is -2.10. The molecule has 0 saturated carbocycles. The van der Waals surface area contributed by atoms with Crippen LogP contribution in [-0.4, -0.2) is 21.5 Å². The minimum absolute atomic E-state index is 0.157. The van der Waals surface area contributed by atoms with Gasteiger partial charge in [-0.05, 0) is 25.0 Å². The third kappa shape index (κ3) is 1.90. The molecule has 3 aromatic rings. The molecule has 21 heavy (non-hydrogen) atoms. The number of carbonyl (C=O) groups excluding carboxylic acids is 2. The number of rotatable bonds is 2. The molecule has 0 aliphatic heterocycles. The lowest BCUT2D eigenvalue weighted by molar-refractivity contribution is 0.0975. The summed E-state index contributed by atoms with van der Waals surface area (Å²) in [6, 6.07) is 3.66. The number of ketones is 1. The predicted octanol–water partition coefficient (Wildman–Crippen LogP) is 4.11. The highest BCUT2D eigenvalue weighted by Gasteiger charge is 2.27. The Morgan fingerprint density at radius 3 is 2.86 bits per heavy atom. The van der Waals surface area contributed by atoms with Gasteiger partial charge in [-0.25, -0.2) is 4.98 Å². The second-order valence-corrected chi connectivity index (χ2v) is 7.53. The SMILES string of the molecule is O=Cc1c(-c2ccc(Cl)s2)nc2sc3c(n12)CCCC3=O. The van der Waals surface area contributed by atoms with Gasteiger partial charge in [-0.3, -0.25) is 14.0 Å². The Labute approximate surface area is 133 Å². The van der Waals surface area contributed by atoms with Gasteiger partial charge in [-0.2, -0.15) is 0 Å². The molecule has 0 spiro atoms. The summed E-state index contributed by atoms with van der Waals surface area (Å²) in [5.41, 5.74) is 2.08. The van der Waals surface area contributed by atoms with Crippen LogP contribution in [0, 0.1) is 0 Å². The summed E-state index contributed by atoms with van der Waals surface area (Å²) in [6.07, 6.45) is 3.03. The molecule has 0 amide bonds. The quantitative estimate of drug-likeness (QED) is 0.662. The van der Waals surface area contributed by atoms with E-state index in [1.165, 1.54) is 22.7 Å². The van der Waals surface area contributed by atoms with Gasteiger partial charge in [-0.15, -0.1) is 11.3 Å². The maximum Gasteiger partial charge on any atom is 0.195 e. The molecule has 0 atom stereocenters. The van der Waals surface area contributed by atoms with Crippen molar-refractivity contribution in [2.75, 3.05) is 0 Å². The van der Waals surface area contributed by atoms with Crippen LogP contribution < -0.4 is 0 Å². The van der Waals surface area contributed by atoms with Crippen LogP contribution in [0.4, 0.5) is 0 Å². The van der Waals surface area contributed by atoms with Gasteiger partial charge in [0.05, 0.1) is 14.1 Å². The average molecular weight is 337 g/mol. The molecule has 4 rings (SSSR count). The molecule has 0 N–H and O–H groups in total. The highest BCUT2D eigenvalue weighted by molar-refractivity contribution is 7.20. The number of Topliss-reactive ketones (excluding diaryl/α,β-unsaturated/α-hetero) is 1. The van der Waals surface area contributed by atoms with Crippen LogP contribution in [0.1, 0.15) is 38.7 Å². The highest BCUT2D eigenvalue weighted by atomic mass is 35.5. The van der Waals surface area contributed by atoms with Crippen molar-refractivity contribution in [3.05, 3.63) is 32.7 Å². The van der Waals surface area contributed by atoms with Crippen molar-refractivity contribution in [1.29, 1.82) is 0 Å². The minimum atomic E-state index is 0.157. The molecular formula is C14H9ClN2O2S2. The van der Waals surface area contributed by atoms with Crippen molar-refractivity contribution >= 4 is 51.3 Å². The second kappa shape index (κ2) is 4.76. The van der Waals surface area contributed by atoms with Crippen molar-refractivity contribution in [3.8, 4) is 10.6 Å². The van der Waals surface area contributed by atoms with Gasteiger partial charge < -0.3 is 0 Å². The van der Waals surface area contributed by atoms with Crippen molar-refractivity contribution in [1.82, 2.24) is 9.38 Å². The first-order chi connectivity index (χ1) is 10.2. The first-order valence-electron chi connectivity index (χ1n) is 6.47. The molecule has 1 aliphatic carbocycles. The number of hydrogen-bond acceptors (Lipinski definition) is 5. The van der Waals surface area contributed by atoms with Crippen LogP contribution in [0.15, 0.2) is 12.1 Å². The Balaban J connectivity index is 2.01. The maximum absolute atomic E-state index is 12.0. The molecule has 0 bridgehead atoms. The molecule has 0 aromatic carbocycles. The molecule has 1 aliphatic rings. The van der Waals surface area contributed by atoms with Crippen LogP contribution in [-0.2, 0) is 6.42 Å². The first kappa shape index (κ1) is 13.2. The van der Waals surface area contributed by atoms with Crippen LogP contribution in [0.2, 0.25) is 4.34 Å². The fourth-order valence-electron chi connectivity index (χ4n) is 2.70. The number of thiophene rings is 1. The number of nitrogens with zero attached hydrogens (tertiary/aromatic N) is 2. The second-order valence-electron chi connectivity index (χ2n) is 4.84. The Morgan fingerprint density at radius 1 is 1.29 bits per heavy atom. The number of aryl methyl sites for hydroxylation is 1. The number of fused-ring (bicyclic) bond motifs is 3. The normalized spacial score (nSPS) is 14.6. The van der Waals surface area contributed by atoms with E-state index in [1.54, 1.807) is 6.07 Å². The Hall–Kier alpha value is -1.50. The number of aldehydes is 1.